The maximum atomic E-state index is 12.8. The second-order valence-corrected chi connectivity index (χ2v) is 7.94. The first-order valence-electron chi connectivity index (χ1n) is 9.87. The number of aryl methyl sites for hydroxylation is 1. The number of hydrogen-bond donors (Lipinski definition) is 1. The summed E-state index contributed by atoms with van der Waals surface area (Å²) in [6.07, 6.45) is 8.11. The van der Waals surface area contributed by atoms with E-state index in [0.29, 0.717) is 11.8 Å². The molecule has 1 aromatic rings. The minimum absolute atomic E-state index is 0. The van der Waals surface area contributed by atoms with Gasteiger partial charge in [0.2, 0.25) is 5.91 Å². The van der Waals surface area contributed by atoms with Gasteiger partial charge in [-0.2, -0.15) is 0 Å². The van der Waals surface area contributed by atoms with Crippen LogP contribution in [-0.4, -0.2) is 37.0 Å². The van der Waals surface area contributed by atoms with E-state index in [9.17, 15) is 4.79 Å². The molecule has 3 nitrogen and oxygen atoms in total. The molecule has 2 heterocycles. The van der Waals surface area contributed by atoms with E-state index in [-0.39, 0.29) is 12.4 Å². The molecule has 2 saturated heterocycles. The average molecular weight is 363 g/mol. The Kier molecular flexibility index (Phi) is 6.40. The van der Waals surface area contributed by atoms with Crippen LogP contribution in [0.1, 0.15) is 55.6 Å². The molecule has 1 unspecified atom stereocenters. The summed E-state index contributed by atoms with van der Waals surface area (Å²) in [6.45, 7) is 4.35. The number of rotatable bonds is 3. The quantitative estimate of drug-likeness (QED) is 0.887. The van der Waals surface area contributed by atoms with Gasteiger partial charge in [-0.15, -0.1) is 12.4 Å². The average Bonchev–Trinajstić information content (AvgIpc) is 3.06. The molecule has 1 atom stereocenters. The van der Waals surface area contributed by atoms with Crippen molar-refractivity contribution in [2.75, 3.05) is 26.2 Å². The van der Waals surface area contributed by atoms with Crippen molar-refractivity contribution in [3.8, 4) is 0 Å². The van der Waals surface area contributed by atoms with Crippen LogP contribution in [-0.2, 0) is 11.2 Å². The van der Waals surface area contributed by atoms with Crippen molar-refractivity contribution in [3.05, 3.63) is 35.4 Å². The maximum Gasteiger partial charge on any atom is 0.223 e. The van der Waals surface area contributed by atoms with E-state index in [0.717, 1.165) is 44.2 Å². The van der Waals surface area contributed by atoms with E-state index in [2.05, 4.69) is 34.5 Å². The highest BCUT2D eigenvalue weighted by Gasteiger charge is 2.31. The summed E-state index contributed by atoms with van der Waals surface area (Å²) in [6, 6.07) is 8.69. The van der Waals surface area contributed by atoms with E-state index < -0.39 is 0 Å². The Morgan fingerprint density at radius 1 is 1.00 bits per heavy atom. The van der Waals surface area contributed by atoms with Gasteiger partial charge in [0.25, 0.3) is 0 Å². The molecule has 2 fully saturated rings. The van der Waals surface area contributed by atoms with Crippen LogP contribution in [0.25, 0.3) is 0 Å². The summed E-state index contributed by atoms with van der Waals surface area (Å²) < 4.78 is 0. The Morgan fingerprint density at radius 2 is 1.68 bits per heavy atom. The number of piperidine rings is 2. The van der Waals surface area contributed by atoms with Crippen molar-refractivity contribution in [2.45, 2.75) is 50.9 Å². The molecule has 1 aliphatic carbocycles. The van der Waals surface area contributed by atoms with Crippen molar-refractivity contribution in [2.24, 2.45) is 11.8 Å². The highest BCUT2D eigenvalue weighted by Crippen LogP contribution is 2.36. The second kappa shape index (κ2) is 8.55. The summed E-state index contributed by atoms with van der Waals surface area (Å²) in [5.41, 5.74) is 2.88. The van der Waals surface area contributed by atoms with Gasteiger partial charge >= 0.3 is 0 Å². The highest BCUT2D eigenvalue weighted by molar-refractivity contribution is 5.85. The Morgan fingerprint density at radius 3 is 2.44 bits per heavy atom. The lowest BCUT2D eigenvalue weighted by Gasteiger charge is -2.38. The third-order valence-corrected chi connectivity index (χ3v) is 6.62. The molecule has 1 amide bonds. The normalized spacial score (nSPS) is 24.6. The maximum absolute atomic E-state index is 12.8. The molecule has 25 heavy (non-hydrogen) atoms. The lowest BCUT2D eigenvalue weighted by molar-refractivity contribution is -0.133. The Hall–Kier alpha value is -1.06. The first-order chi connectivity index (χ1) is 11.8. The molecule has 0 saturated carbocycles. The van der Waals surface area contributed by atoms with Crippen LogP contribution >= 0.6 is 12.4 Å². The van der Waals surface area contributed by atoms with Gasteiger partial charge in [-0.25, -0.2) is 0 Å². The molecule has 4 heteroatoms. The van der Waals surface area contributed by atoms with Gasteiger partial charge in [0.05, 0.1) is 0 Å². The molecule has 138 valence electrons. The lowest BCUT2D eigenvalue weighted by Crippen LogP contribution is -2.42. The van der Waals surface area contributed by atoms with Gasteiger partial charge in [0, 0.05) is 19.5 Å². The van der Waals surface area contributed by atoms with Crippen LogP contribution in [0.4, 0.5) is 0 Å². The van der Waals surface area contributed by atoms with Crippen LogP contribution in [0, 0.1) is 11.8 Å². The zero-order valence-electron chi connectivity index (χ0n) is 15.1. The Labute approximate surface area is 158 Å². The summed E-state index contributed by atoms with van der Waals surface area (Å²) in [4.78, 5) is 14.9. The molecular weight excluding hydrogens is 332 g/mol. The third-order valence-electron chi connectivity index (χ3n) is 6.62. The molecule has 0 bridgehead atoms. The van der Waals surface area contributed by atoms with Crippen LogP contribution in [0.3, 0.4) is 0 Å². The second-order valence-electron chi connectivity index (χ2n) is 7.94. The van der Waals surface area contributed by atoms with Gasteiger partial charge in [0.1, 0.15) is 0 Å². The topological polar surface area (TPSA) is 32.3 Å². The van der Waals surface area contributed by atoms with Gasteiger partial charge in [-0.3, -0.25) is 4.79 Å². The number of nitrogens with zero attached hydrogens (tertiary/aromatic N) is 1. The third kappa shape index (κ3) is 4.20. The summed E-state index contributed by atoms with van der Waals surface area (Å²) in [7, 11) is 0. The molecule has 1 N–H and O–H groups in total. The van der Waals surface area contributed by atoms with Crippen LogP contribution in [0.5, 0.6) is 0 Å². The predicted octanol–water partition coefficient (Wildman–Crippen LogP) is 3.77. The summed E-state index contributed by atoms with van der Waals surface area (Å²) in [5, 5.41) is 3.46. The van der Waals surface area contributed by atoms with Crippen molar-refractivity contribution >= 4 is 18.3 Å². The van der Waals surface area contributed by atoms with E-state index >= 15 is 0 Å². The number of likely N-dealkylation sites (tertiary alicyclic amines) is 1. The smallest absolute Gasteiger partial charge is 0.223 e. The van der Waals surface area contributed by atoms with Gasteiger partial charge < -0.3 is 10.2 Å². The predicted molar refractivity (Wildman–Crippen MR) is 104 cm³/mol. The van der Waals surface area contributed by atoms with E-state index in [1.807, 2.05) is 0 Å². The number of hydrogen-bond acceptors (Lipinski definition) is 2. The zero-order valence-corrected chi connectivity index (χ0v) is 15.9. The van der Waals surface area contributed by atoms with Crippen molar-refractivity contribution < 1.29 is 4.79 Å². The minimum atomic E-state index is 0. The molecule has 1 aromatic carbocycles. The number of amides is 1. The van der Waals surface area contributed by atoms with Crippen molar-refractivity contribution in [1.29, 1.82) is 0 Å². The molecule has 0 radical (unpaired) electrons. The van der Waals surface area contributed by atoms with E-state index in [1.54, 1.807) is 0 Å². The van der Waals surface area contributed by atoms with Crippen LogP contribution in [0.2, 0.25) is 0 Å². The fraction of sp³-hybridized carbons (Fsp3) is 0.667. The number of benzene rings is 1. The van der Waals surface area contributed by atoms with Crippen LogP contribution in [0.15, 0.2) is 24.3 Å². The number of halogens is 1. The SMILES string of the molecule is Cl.O=C(CC1CCc2ccccc21)N1CCC(C2CCNCC2)CC1. The fourth-order valence-electron chi connectivity index (χ4n) is 5.13. The minimum Gasteiger partial charge on any atom is -0.343 e. The molecule has 0 spiro atoms. The summed E-state index contributed by atoms with van der Waals surface area (Å²) >= 11 is 0. The molecule has 3 aliphatic rings. The Balaban J connectivity index is 0.00000182. The van der Waals surface area contributed by atoms with Gasteiger partial charge in [-0.05, 0) is 80.5 Å². The Bertz CT molecular complexity index is 577. The van der Waals surface area contributed by atoms with E-state index in [1.165, 1.54) is 49.9 Å². The van der Waals surface area contributed by atoms with E-state index in [4.69, 9.17) is 0 Å². The largest absolute Gasteiger partial charge is 0.343 e. The van der Waals surface area contributed by atoms with Crippen molar-refractivity contribution in [3.63, 3.8) is 0 Å². The molecule has 2 aliphatic heterocycles. The monoisotopic (exact) mass is 362 g/mol. The molecule has 4 rings (SSSR count). The summed E-state index contributed by atoms with van der Waals surface area (Å²) in [5.74, 6) is 2.59. The zero-order chi connectivity index (χ0) is 16.4. The highest BCUT2D eigenvalue weighted by atomic mass is 35.5. The molecular formula is C21H31ClN2O. The standard InChI is InChI=1S/C21H30N2O.ClH/c24-21(15-19-6-5-18-3-1-2-4-20(18)19)23-13-9-17(10-14-23)16-7-11-22-12-8-16;/h1-4,16-17,19,22H,5-15H2;1H. The van der Waals surface area contributed by atoms with Crippen molar-refractivity contribution in [1.82, 2.24) is 10.2 Å². The number of fused-ring (bicyclic) bond motifs is 1. The first-order valence-corrected chi connectivity index (χ1v) is 9.87. The number of nitrogens with one attached hydrogen (secondary N) is 1. The van der Waals surface area contributed by atoms with Gasteiger partial charge in [0.15, 0.2) is 0 Å². The number of carbonyl (C=O) groups is 1. The molecule has 0 aromatic heterocycles. The first kappa shape index (κ1) is 18.7. The fourth-order valence-corrected chi connectivity index (χ4v) is 5.13. The van der Waals surface area contributed by atoms with Crippen LogP contribution < -0.4 is 5.32 Å². The number of carbonyl (C=O) groups excluding carboxylic acids is 1. The lowest BCUT2D eigenvalue weighted by atomic mass is 9.79. The van der Waals surface area contributed by atoms with Gasteiger partial charge in [-0.1, -0.05) is 24.3 Å².